The van der Waals surface area contributed by atoms with E-state index < -0.39 is 12.0 Å². The predicted octanol–water partition coefficient (Wildman–Crippen LogP) is 2.11. The van der Waals surface area contributed by atoms with Gasteiger partial charge < -0.3 is 10.0 Å². The number of hydrogen-bond donors (Lipinski definition) is 1. The predicted molar refractivity (Wildman–Crippen MR) is 73.4 cm³/mol. The summed E-state index contributed by atoms with van der Waals surface area (Å²) in [6.45, 7) is 1.92. The molecule has 2 unspecified atom stereocenters. The number of aliphatic carboxylic acids is 1. The molecule has 0 aliphatic carbocycles. The molecule has 1 aromatic heterocycles. The second-order valence-electron chi connectivity index (χ2n) is 4.12. The van der Waals surface area contributed by atoms with Gasteiger partial charge in [0.2, 0.25) is 0 Å². The maximum Gasteiger partial charge on any atom is 0.327 e. The van der Waals surface area contributed by atoms with Gasteiger partial charge >= 0.3 is 5.97 Å². The summed E-state index contributed by atoms with van der Waals surface area (Å²) in [5, 5.41) is 9.47. The fourth-order valence-electron chi connectivity index (χ4n) is 1.99. The zero-order valence-electron chi connectivity index (χ0n) is 10.2. The van der Waals surface area contributed by atoms with Gasteiger partial charge in [0.05, 0.1) is 5.37 Å². The smallest absolute Gasteiger partial charge is 0.327 e. The molecular weight excluding hydrogens is 288 g/mol. The molecule has 0 spiro atoms. The van der Waals surface area contributed by atoms with Crippen LogP contribution in [-0.4, -0.2) is 44.0 Å². The van der Waals surface area contributed by atoms with Crippen LogP contribution in [0.4, 0.5) is 0 Å². The van der Waals surface area contributed by atoms with Crippen molar-refractivity contribution in [2.45, 2.75) is 24.8 Å². The van der Waals surface area contributed by atoms with Crippen LogP contribution in [0.25, 0.3) is 0 Å². The Kier molecular flexibility index (Phi) is 4.31. The number of thioether (sulfide) groups is 1. The molecule has 2 atom stereocenters. The number of carbonyl (C=O) groups excluding carboxylic acids is 1. The van der Waals surface area contributed by atoms with Crippen molar-refractivity contribution in [3.8, 4) is 0 Å². The Hall–Kier alpha value is -1.27. The lowest BCUT2D eigenvalue weighted by Crippen LogP contribution is -2.45. The maximum atomic E-state index is 12.4. The number of carboxylic acids is 1. The lowest BCUT2D eigenvalue weighted by atomic mass is 10.2. The number of pyridine rings is 1. The van der Waals surface area contributed by atoms with Crippen LogP contribution >= 0.6 is 23.4 Å². The van der Waals surface area contributed by atoms with Gasteiger partial charge in [-0.1, -0.05) is 18.5 Å². The molecule has 5 nitrogen and oxygen atoms in total. The first-order chi connectivity index (χ1) is 9.04. The van der Waals surface area contributed by atoms with Crippen molar-refractivity contribution < 1.29 is 14.7 Å². The van der Waals surface area contributed by atoms with Crippen LogP contribution in [-0.2, 0) is 4.79 Å². The highest BCUT2D eigenvalue weighted by Gasteiger charge is 2.41. The molecule has 1 aromatic rings. The van der Waals surface area contributed by atoms with Gasteiger partial charge in [-0.05, 0) is 18.6 Å². The molecule has 1 saturated heterocycles. The Morgan fingerprint density at radius 2 is 2.37 bits per heavy atom. The van der Waals surface area contributed by atoms with E-state index in [1.54, 1.807) is 6.07 Å². The third-order valence-electron chi connectivity index (χ3n) is 2.90. The fourth-order valence-corrected chi connectivity index (χ4v) is 3.50. The summed E-state index contributed by atoms with van der Waals surface area (Å²) in [6, 6.07) is 2.23. The molecular formula is C12H13ClN2O3S. The van der Waals surface area contributed by atoms with Crippen molar-refractivity contribution in [3.05, 3.63) is 29.0 Å². The molecule has 1 aliphatic heterocycles. The van der Waals surface area contributed by atoms with E-state index in [4.69, 9.17) is 11.6 Å². The molecule has 1 amide bonds. The number of amides is 1. The molecule has 1 aliphatic rings. The first-order valence-corrected chi connectivity index (χ1v) is 7.26. The molecule has 1 N–H and O–H groups in total. The van der Waals surface area contributed by atoms with E-state index in [1.165, 1.54) is 28.9 Å². The Labute approximate surface area is 120 Å². The van der Waals surface area contributed by atoms with Crippen LogP contribution in [0.3, 0.4) is 0 Å². The Morgan fingerprint density at radius 1 is 1.63 bits per heavy atom. The molecule has 102 valence electrons. The van der Waals surface area contributed by atoms with Crippen LogP contribution in [0.5, 0.6) is 0 Å². The van der Waals surface area contributed by atoms with E-state index in [1.807, 2.05) is 6.92 Å². The second kappa shape index (κ2) is 5.79. The van der Waals surface area contributed by atoms with Gasteiger partial charge in [0.25, 0.3) is 5.91 Å². The van der Waals surface area contributed by atoms with Crippen molar-refractivity contribution in [1.29, 1.82) is 0 Å². The summed E-state index contributed by atoms with van der Waals surface area (Å²) in [7, 11) is 0. The van der Waals surface area contributed by atoms with E-state index in [2.05, 4.69) is 4.98 Å². The Balaban J connectivity index is 2.31. The highest BCUT2D eigenvalue weighted by molar-refractivity contribution is 8.00. The zero-order valence-corrected chi connectivity index (χ0v) is 11.8. The highest BCUT2D eigenvalue weighted by Crippen LogP contribution is 2.32. The van der Waals surface area contributed by atoms with E-state index >= 15 is 0 Å². The fraction of sp³-hybridized carbons (Fsp3) is 0.417. The molecule has 2 rings (SSSR count). The van der Waals surface area contributed by atoms with E-state index in [0.29, 0.717) is 17.2 Å². The third kappa shape index (κ3) is 2.84. The molecule has 19 heavy (non-hydrogen) atoms. The lowest BCUT2D eigenvalue weighted by Gasteiger charge is -2.26. The molecule has 2 heterocycles. The van der Waals surface area contributed by atoms with Gasteiger partial charge in [-0.15, -0.1) is 11.8 Å². The number of rotatable bonds is 3. The lowest BCUT2D eigenvalue weighted by molar-refractivity contribution is -0.141. The normalized spacial score (nSPS) is 22.5. The second-order valence-corrected chi connectivity index (χ2v) is 5.77. The molecule has 1 fully saturated rings. The van der Waals surface area contributed by atoms with Crippen LogP contribution in [0.15, 0.2) is 18.3 Å². The average molecular weight is 301 g/mol. The summed E-state index contributed by atoms with van der Waals surface area (Å²) in [4.78, 5) is 29.0. The number of carbonyl (C=O) groups is 2. The minimum atomic E-state index is -0.987. The van der Waals surface area contributed by atoms with E-state index in [0.717, 1.165) is 0 Å². The Morgan fingerprint density at radius 3 is 2.95 bits per heavy atom. The van der Waals surface area contributed by atoms with Crippen molar-refractivity contribution >= 4 is 35.2 Å². The van der Waals surface area contributed by atoms with Crippen LogP contribution < -0.4 is 0 Å². The van der Waals surface area contributed by atoms with Gasteiger partial charge in [-0.25, -0.2) is 4.79 Å². The number of halogens is 1. The van der Waals surface area contributed by atoms with Gasteiger partial charge in [-0.3, -0.25) is 9.78 Å². The van der Waals surface area contributed by atoms with Crippen molar-refractivity contribution in [1.82, 2.24) is 9.88 Å². The summed E-state index contributed by atoms with van der Waals surface area (Å²) in [5.41, 5.74) is 0.180. The largest absolute Gasteiger partial charge is 0.480 e. The minimum Gasteiger partial charge on any atom is -0.480 e. The quantitative estimate of drug-likeness (QED) is 0.926. The maximum absolute atomic E-state index is 12.4. The SMILES string of the molecule is CCC1SCC(C(=O)O)N1C(=O)c1cc(Cl)ccn1. The van der Waals surface area contributed by atoms with E-state index in [-0.39, 0.29) is 17.0 Å². The topological polar surface area (TPSA) is 70.5 Å². The van der Waals surface area contributed by atoms with Crippen LogP contribution in [0.2, 0.25) is 5.02 Å². The highest BCUT2D eigenvalue weighted by atomic mass is 35.5. The zero-order chi connectivity index (χ0) is 14.0. The summed E-state index contributed by atoms with van der Waals surface area (Å²) >= 11 is 7.31. The van der Waals surface area contributed by atoms with E-state index in [9.17, 15) is 14.7 Å². The molecule has 0 bridgehead atoms. The van der Waals surface area contributed by atoms with Gasteiger partial charge in [0, 0.05) is 17.0 Å². The Bertz CT molecular complexity index is 512. The minimum absolute atomic E-state index is 0.130. The number of hydrogen-bond acceptors (Lipinski definition) is 4. The summed E-state index contributed by atoms with van der Waals surface area (Å²) < 4.78 is 0. The first-order valence-electron chi connectivity index (χ1n) is 5.83. The molecule has 7 heteroatoms. The van der Waals surface area contributed by atoms with Crippen LogP contribution in [0, 0.1) is 0 Å². The number of aromatic nitrogens is 1. The van der Waals surface area contributed by atoms with Crippen molar-refractivity contribution in [2.75, 3.05) is 5.75 Å². The number of carboxylic acid groups (broad SMARTS) is 1. The third-order valence-corrected chi connectivity index (χ3v) is 4.59. The van der Waals surface area contributed by atoms with Crippen molar-refractivity contribution in [2.24, 2.45) is 0 Å². The van der Waals surface area contributed by atoms with Gasteiger partial charge in [0.1, 0.15) is 11.7 Å². The molecule has 0 radical (unpaired) electrons. The standard InChI is InChI=1S/C12H13ClN2O3S/c1-2-10-15(9(6-19-10)12(17)18)11(16)8-5-7(13)3-4-14-8/h3-5,9-10H,2,6H2,1H3,(H,17,18). The monoisotopic (exact) mass is 300 g/mol. The summed E-state index contributed by atoms with van der Waals surface area (Å²) in [5.74, 6) is -0.967. The first kappa shape index (κ1) is 14.1. The summed E-state index contributed by atoms with van der Waals surface area (Å²) in [6.07, 6.45) is 2.14. The average Bonchev–Trinajstić information content (AvgIpc) is 2.81. The molecule has 0 saturated carbocycles. The van der Waals surface area contributed by atoms with Gasteiger partial charge in [0.15, 0.2) is 0 Å². The van der Waals surface area contributed by atoms with Crippen LogP contribution in [0.1, 0.15) is 23.8 Å². The van der Waals surface area contributed by atoms with Crippen molar-refractivity contribution in [3.63, 3.8) is 0 Å². The molecule has 0 aromatic carbocycles. The van der Waals surface area contributed by atoms with Gasteiger partial charge in [-0.2, -0.15) is 0 Å². The number of nitrogens with zero attached hydrogens (tertiary/aromatic N) is 2.